The van der Waals surface area contributed by atoms with Crippen molar-refractivity contribution in [3.05, 3.63) is 134 Å². The van der Waals surface area contributed by atoms with Crippen molar-refractivity contribution < 1.29 is 28.6 Å². The Labute approximate surface area is 487 Å². The molecule has 0 rings (SSSR count). The molecule has 0 radical (unpaired) electrons. The first-order valence-electron chi connectivity index (χ1n) is 32.7. The fourth-order valence-electron chi connectivity index (χ4n) is 8.76. The second kappa shape index (κ2) is 66.1. The zero-order valence-electron chi connectivity index (χ0n) is 51.3. The highest BCUT2D eigenvalue weighted by Gasteiger charge is 2.19. The second-order valence-corrected chi connectivity index (χ2v) is 21.3. The standard InChI is InChI=1S/C73H120O6/c1-4-7-10-13-16-19-22-25-27-29-30-31-32-33-34-35-36-37-38-39-40-41-42-43-44-45-47-48-51-54-57-60-63-66-72(75)78-69-70(68-77-71(74)65-62-59-56-53-50-24-21-18-15-12-9-6-3)79-73(76)67-64-61-58-55-52-49-46-28-26-23-20-17-14-11-8-5-2/h7,10,16,19-20,23,25,27-28,30-31,33-34,36-37,39-40,42-43,45-47,70H,4-6,8-9,11-15,17-18,21-22,24,26,29,32,35,38,41,44,48-69H2,1-3H3/b10-7-,19-16-,23-20-,27-25-,31-30-,34-33-,37-36-,40-39-,43-42-,46-28-,47-45-. The number of ether oxygens (including phenoxy) is 3. The summed E-state index contributed by atoms with van der Waals surface area (Å²) in [6.45, 7) is 6.49. The molecule has 0 bridgehead atoms. The number of hydrogen-bond donors (Lipinski definition) is 0. The van der Waals surface area contributed by atoms with Crippen molar-refractivity contribution in [3.63, 3.8) is 0 Å². The van der Waals surface area contributed by atoms with E-state index >= 15 is 0 Å². The first-order chi connectivity index (χ1) is 39.0. The van der Waals surface area contributed by atoms with E-state index in [1.807, 2.05) is 0 Å². The molecule has 6 heteroatoms. The smallest absolute Gasteiger partial charge is 0.306 e. The average Bonchev–Trinajstić information content (AvgIpc) is 3.45. The maximum atomic E-state index is 12.9. The van der Waals surface area contributed by atoms with Gasteiger partial charge >= 0.3 is 17.9 Å². The Bertz CT molecular complexity index is 1680. The maximum absolute atomic E-state index is 12.9. The van der Waals surface area contributed by atoms with Gasteiger partial charge in [0, 0.05) is 19.3 Å². The normalized spacial score (nSPS) is 13.0. The summed E-state index contributed by atoms with van der Waals surface area (Å²) in [4.78, 5) is 38.2. The Morgan fingerprint density at radius 1 is 0.266 bits per heavy atom. The van der Waals surface area contributed by atoms with Crippen LogP contribution in [0.3, 0.4) is 0 Å². The number of allylic oxidation sites excluding steroid dienone is 22. The van der Waals surface area contributed by atoms with Crippen molar-refractivity contribution >= 4 is 17.9 Å². The van der Waals surface area contributed by atoms with Crippen LogP contribution in [0.25, 0.3) is 0 Å². The molecule has 0 N–H and O–H groups in total. The quantitative estimate of drug-likeness (QED) is 0.0261. The molecule has 0 aromatic carbocycles. The molecule has 0 aromatic rings. The molecule has 0 amide bonds. The molecular weight excluding hydrogens is 973 g/mol. The first kappa shape index (κ1) is 74.5. The van der Waals surface area contributed by atoms with E-state index in [-0.39, 0.29) is 31.1 Å². The summed E-state index contributed by atoms with van der Waals surface area (Å²) in [6, 6.07) is 0. The molecule has 0 aliphatic carbocycles. The van der Waals surface area contributed by atoms with Gasteiger partial charge in [0.15, 0.2) is 6.10 Å². The lowest BCUT2D eigenvalue weighted by atomic mass is 10.0. The molecule has 0 saturated heterocycles. The monoisotopic (exact) mass is 1090 g/mol. The Morgan fingerprint density at radius 3 is 0.785 bits per heavy atom. The summed E-state index contributed by atoms with van der Waals surface area (Å²) in [5.41, 5.74) is 0. The molecule has 0 aromatic heterocycles. The molecule has 0 saturated carbocycles. The van der Waals surface area contributed by atoms with Crippen molar-refractivity contribution in [1.82, 2.24) is 0 Å². The molecule has 1 unspecified atom stereocenters. The van der Waals surface area contributed by atoms with Crippen molar-refractivity contribution in [2.45, 2.75) is 297 Å². The van der Waals surface area contributed by atoms with E-state index in [0.29, 0.717) is 19.3 Å². The molecule has 0 spiro atoms. The molecule has 0 aliphatic heterocycles. The zero-order valence-corrected chi connectivity index (χ0v) is 51.3. The predicted molar refractivity (Wildman–Crippen MR) is 343 cm³/mol. The van der Waals surface area contributed by atoms with Gasteiger partial charge in [-0.15, -0.1) is 0 Å². The molecule has 0 aliphatic rings. The summed E-state index contributed by atoms with van der Waals surface area (Å²) in [5, 5.41) is 0. The Morgan fingerprint density at radius 2 is 0.494 bits per heavy atom. The fraction of sp³-hybridized carbons (Fsp3) is 0.658. The third kappa shape index (κ3) is 64.3. The molecule has 1 atom stereocenters. The van der Waals surface area contributed by atoms with Gasteiger partial charge in [0.25, 0.3) is 0 Å². The first-order valence-corrected chi connectivity index (χ1v) is 32.7. The van der Waals surface area contributed by atoms with Gasteiger partial charge in [-0.1, -0.05) is 283 Å². The van der Waals surface area contributed by atoms with Gasteiger partial charge in [-0.3, -0.25) is 14.4 Å². The van der Waals surface area contributed by atoms with Gasteiger partial charge in [0.2, 0.25) is 0 Å². The number of hydrogen-bond acceptors (Lipinski definition) is 6. The van der Waals surface area contributed by atoms with Crippen LogP contribution in [-0.2, 0) is 28.6 Å². The minimum Gasteiger partial charge on any atom is -0.462 e. The SMILES string of the molecule is CC/C=C\C/C=C\C/C=C\C/C=C\C/C=C\C/C=C\C/C=C\C/C=C\C/C=C\CCCCCCCC(=O)OCC(COC(=O)CCCCCCCCCCCCCC)OC(=O)CCCCCCC/C=C\C/C=C\CCCCCC. The van der Waals surface area contributed by atoms with Crippen LogP contribution < -0.4 is 0 Å². The summed E-state index contributed by atoms with van der Waals surface area (Å²) in [5.74, 6) is -0.921. The topological polar surface area (TPSA) is 78.9 Å². The predicted octanol–water partition coefficient (Wildman–Crippen LogP) is 22.5. The summed E-state index contributed by atoms with van der Waals surface area (Å²) in [6.07, 6.45) is 93.1. The van der Waals surface area contributed by atoms with E-state index in [1.165, 1.54) is 89.9 Å². The van der Waals surface area contributed by atoms with Gasteiger partial charge in [0.05, 0.1) is 0 Å². The number of carbonyl (C=O) groups is 3. The van der Waals surface area contributed by atoms with Crippen LogP contribution >= 0.6 is 0 Å². The summed E-state index contributed by atoms with van der Waals surface area (Å²) < 4.78 is 16.9. The van der Waals surface area contributed by atoms with Gasteiger partial charge in [-0.05, 0) is 122 Å². The van der Waals surface area contributed by atoms with E-state index in [4.69, 9.17) is 14.2 Å². The highest BCUT2D eigenvalue weighted by Crippen LogP contribution is 2.15. The highest BCUT2D eigenvalue weighted by atomic mass is 16.6. The minimum atomic E-state index is -0.796. The van der Waals surface area contributed by atoms with Crippen molar-refractivity contribution in [3.8, 4) is 0 Å². The number of unbranched alkanes of at least 4 members (excludes halogenated alkanes) is 25. The molecule has 448 valence electrons. The van der Waals surface area contributed by atoms with Gasteiger partial charge < -0.3 is 14.2 Å². The Hall–Kier alpha value is -4.45. The molecule has 0 heterocycles. The third-order valence-corrected chi connectivity index (χ3v) is 13.6. The van der Waals surface area contributed by atoms with Gasteiger partial charge in [-0.25, -0.2) is 0 Å². The molecule has 6 nitrogen and oxygen atoms in total. The van der Waals surface area contributed by atoms with Crippen LogP contribution in [0.2, 0.25) is 0 Å². The van der Waals surface area contributed by atoms with E-state index in [2.05, 4.69) is 154 Å². The molecular formula is C73H120O6. The second-order valence-electron chi connectivity index (χ2n) is 21.3. The van der Waals surface area contributed by atoms with Crippen molar-refractivity contribution in [2.24, 2.45) is 0 Å². The fourth-order valence-corrected chi connectivity index (χ4v) is 8.76. The number of esters is 3. The van der Waals surface area contributed by atoms with Crippen LogP contribution in [0, 0.1) is 0 Å². The zero-order chi connectivity index (χ0) is 57.1. The lowest BCUT2D eigenvalue weighted by Crippen LogP contribution is -2.30. The van der Waals surface area contributed by atoms with E-state index < -0.39 is 6.10 Å². The van der Waals surface area contributed by atoms with Crippen molar-refractivity contribution in [2.75, 3.05) is 13.2 Å². The van der Waals surface area contributed by atoms with Crippen LogP contribution in [0.15, 0.2) is 134 Å². The Balaban J connectivity index is 4.32. The number of carbonyl (C=O) groups excluding carboxylic acids is 3. The van der Waals surface area contributed by atoms with E-state index in [0.717, 1.165) is 161 Å². The molecule has 0 fully saturated rings. The third-order valence-electron chi connectivity index (χ3n) is 13.6. The van der Waals surface area contributed by atoms with Gasteiger partial charge in [0.1, 0.15) is 13.2 Å². The van der Waals surface area contributed by atoms with Crippen molar-refractivity contribution in [1.29, 1.82) is 0 Å². The lowest BCUT2D eigenvalue weighted by Gasteiger charge is -2.18. The van der Waals surface area contributed by atoms with Crippen LogP contribution in [0.1, 0.15) is 290 Å². The molecule has 79 heavy (non-hydrogen) atoms. The summed E-state index contributed by atoms with van der Waals surface area (Å²) >= 11 is 0. The highest BCUT2D eigenvalue weighted by molar-refractivity contribution is 5.71. The number of rotatable bonds is 58. The van der Waals surface area contributed by atoms with Crippen LogP contribution in [-0.4, -0.2) is 37.2 Å². The van der Waals surface area contributed by atoms with Crippen LogP contribution in [0.4, 0.5) is 0 Å². The van der Waals surface area contributed by atoms with E-state index in [9.17, 15) is 14.4 Å². The lowest BCUT2D eigenvalue weighted by molar-refractivity contribution is -0.167. The minimum absolute atomic E-state index is 0.0905. The van der Waals surface area contributed by atoms with Crippen LogP contribution in [0.5, 0.6) is 0 Å². The summed E-state index contributed by atoms with van der Waals surface area (Å²) in [7, 11) is 0. The average molecular weight is 1090 g/mol. The Kier molecular flexibility index (Phi) is 62.3. The maximum Gasteiger partial charge on any atom is 0.306 e. The largest absolute Gasteiger partial charge is 0.462 e. The van der Waals surface area contributed by atoms with Gasteiger partial charge in [-0.2, -0.15) is 0 Å². The van der Waals surface area contributed by atoms with E-state index in [1.54, 1.807) is 0 Å².